The lowest BCUT2D eigenvalue weighted by atomic mass is 10.1. The molecule has 27 heavy (non-hydrogen) atoms. The Labute approximate surface area is 163 Å². The molecule has 142 valence electrons. The van der Waals surface area contributed by atoms with E-state index in [1.54, 1.807) is 25.3 Å². The highest BCUT2D eigenvalue weighted by Crippen LogP contribution is 2.41. The van der Waals surface area contributed by atoms with Gasteiger partial charge in [0.05, 0.1) is 5.56 Å². The number of phenolic OH excluding ortho intramolecular Hbond substituents is 1. The topological polar surface area (TPSA) is 61.8 Å². The van der Waals surface area contributed by atoms with Crippen LogP contribution in [0.4, 0.5) is 5.00 Å². The summed E-state index contributed by atoms with van der Waals surface area (Å²) >= 11 is 1.49. The summed E-state index contributed by atoms with van der Waals surface area (Å²) in [6.45, 7) is 5.02. The summed E-state index contributed by atoms with van der Waals surface area (Å²) < 4.78 is 6.47. The van der Waals surface area contributed by atoms with Crippen molar-refractivity contribution in [1.29, 1.82) is 0 Å². The number of phenols is 1. The monoisotopic (exact) mass is 384 g/mol. The van der Waals surface area contributed by atoms with E-state index in [4.69, 9.17) is 4.74 Å². The molecule has 1 atom stereocenters. The molecule has 6 heteroatoms. The summed E-state index contributed by atoms with van der Waals surface area (Å²) in [5.41, 5.74) is 1.75. The zero-order valence-electron chi connectivity index (χ0n) is 15.7. The molecule has 0 saturated carbocycles. The molecule has 0 saturated heterocycles. The second kappa shape index (κ2) is 8.41. The van der Waals surface area contributed by atoms with Crippen LogP contribution >= 0.6 is 11.3 Å². The van der Waals surface area contributed by atoms with Crippen molar-refractivity contribution in [1.82, 2.24) is 5.32 Å². The summed E-state index contributed by atoms with van der Waals surface area (Å²) in [7, 11) is 1.66. The van der Waals surface area contributed by atoms with Gasteiger partial charge in [0.2, 0.25) is 0 Å². The Morgan fingerprint density at radius 3 is 2.67 bits per heavy atom. The van der Waals surface area contributed by atoms with E-state index in [1.165, 1.54) is 11.3 Å². The normalized spacial score (nSPS) is 12.1. The third-order valence-electron chi connectivity index (χ3n) is 4.46. The van der Waals surface area contributed by atoms with Crippen molar-refractivity contribution >= 4 is 32.3 Å². The molecular weight excluding hydrogens is 360 g/mol. The molecule has 0 spiro atoms. The Bertz CT molecular complexity index is 924. The fourth-order valence-corrected chi connectivity index (χ4v) is 4.32. The number of anilines is 1. The molecule has 1 heterocycles. The van der Waals surface area contributed by atoms with Crippen LogP contribution in [-0.4, -0.2) is 30.9 Å². The largest absolute Gasteiger partial charge is 0.508 e. The van der Waals surface area contributed by atoms with Gasteiger partial charge >= 0.3 is 0 Å². The standard InChI is InChI=1S/C21H24N2O3S/c1-4-22-20(25)19-17-11-10-16(24)12-18(17)27-21(19)23(14(2)26-3)13-15-8-6-5-7-9-15/h5-12,14,24H,4,13H2,1-3H3,(H,22,25). The van der Waals surface area contributed by atoms with E-state index in [2.05, 4.69) is 22.3 Å². The fraction of sp³-hybridized carbons (Fsp3) is 0.286. The lowest BCUT2D eigenvalue weighted by Crippen LogP contribution is -2.35. The minimum Gasteiger partial charge on any atom is -0.508 e. The van der Waals surface area contributed by atoms with Gasteiger partial charge in [-0.05, 0) is 37.6 Å². The molecule has 0 radical (unpaired) electrons. The zero-order valence-corrected chi connectivity index (χ0v) is 16.5. The number of ether oxygens (including phenoxy) is 1. The average molecular weight is 385 g/mol. The molecular formula is C21H24N2O3S. The van der Waals surface area contributed by atoms with Gasteiger partial charge in [0.1, 0.15) is 17.0 Å². The molecule has 0 fully saturated rings. The van der Waals surface area contributed by atoms with E-state index in [9.17, 15) is 9.90 Å². The number of rotatable bonds is 7. The molecule has 1 unspecified atom stereocenters. The lowest BCUT2D eigenvalue weighted by molar-refractivity contribution is 0.0955. The highest BCUT2D eigenvalue weighted by Gasteiger charge is 2.26. The quantitative estimate of drug-likeness (QED) is 0.594. The van der Waals surface area contributed by atoms with Gasteiger partial charge < -0.3 is 20.1 Å². The Morgan fingerprint density at radius 1 is 1.26 bits per heavy atom. The van der Waals surface area contributed by atoms with Crippen LogP contribution in [0.15, 0.2) is 48.5 Å². The van der Waals surface area contributed by atoms with E-state index < -0.39 is 0 Å². The molecule has 0 aliphatic heterocycles. The van der Waals surface area contributed by atoms with Crippen molar-refractivity contribution in [3.05, 3.63) is 59.7 Å². The molecule has 2 N–H and O–H groups in total. The second-order valence-electron chi connectivity index (χ2n) is 6.27. The maximum absolute atomic E-state index is 12.9. The lowest BCUT2D eigenvalue weighted by Gasteiger charge is -2.30. The highest BCUT2D eigenvalue weighted by atomic mass is 32.1. The SMILES string of the molecule is CCNC(=O)c1c(N(Cc2ccccc2)C(C)OC)sc2cc(O)ccc12. The Kier molecular flexibility index (Phi) is 5.98. The van der Waals surface area contributed by atoms with Crippen LogP contribution in [0.25, 0.3) is 10.1 Å². The Morgan fingerprint density at radius 2 is 2.00 bits per heavy atom. The van der Waals surface area contributed by atoms with Gasteiger partial charge in [-0.2, -0.15) is 0 Å². The van der Waals surface area contributed by atoms with Gasteiger partial charge in [0.25, 0.3) is 5.91 Å². The first-order valence-electron chi connectivity index (χ1n) is 8.92. The van der Waals surface area contributed by atoms with Gasteiger partial charge in [-0.15, -0.1) is 11.3 Å². The first-order valence-corrected chi connectivity index (χ1v) is 9.73. The van der Waals surface area contributed by atoms with E-state index in [1.807, 2.05) is 32.0 Å². The smallest absolute Gasteiger partial charge is 0.254 e. The molecule has 5 nitrogen and oxygen atoms in total. The number of aromatic hydroxyl groups is 1. The maximum atomic E-state index is 12.9. The van der Waals surface area contributed by atoms with Crippen LogP contribution in [-0.2, 0) is 11.3 Å². The summed E-state index contributed by atoms with van der Waals surface area (Å²) in [5.74, 6) is 0.0675. The van der Waals surface area contributed by atoms with E-state index in [-0.39, 0.29) is 17.9 Å². The number of nitrogens with zero attached hydrogens (tertiary/aromatic N) is 1. The van der Waals surface area contributed by atoms with E-state index in [0.29, 0.717) is 18.7 Å². The second-order valence-corrected chi connectivity index (χ2v) is 7.30. The molecule has 1 amide bonds. The summed E-state index contributed by atoms with van der Waals surface area (Å²) in [6, 6.07) is 15.2. The Balaban J connectivity index is 2.15. The molecule has 2 aromatic carbocycles. The molecule has 0 bridgehead atoms. The molecule has 3 aromatic rings. The van der Waals surface area contributed by atoms with Crippen molar-refractivity contribution in [2.45, 2.75) is 26.6 Å². The Hall–Kier alpha value is -2.57. The van der Waals surface area contributed by atoms with Crippen molar-refractivity contribution in [2.24, 2.45) is 0 Å². The number of benzene rings is 2. The highest BCUT2D eigenvalue weighted by molar-refractivity contribution is 7.23. The van der Waals surface area contributed by atoms with Gasteiger partial charge in [-0.3, -0.25) is 4.79 Å². The third kappa shape index (κ3) is 4.07. The van der Waals surface area contributed by atoms with Crippen molar-refractivity contribution in [2.75, 3.05) is 18.6 Å². The average Bonchev–Trinajstić information content (AvgIpc) is 3.04. The number of thiophene rings is 1. The first kappa shape index (κ1) is 19.2. The number of amides is 1. The van der Waals surface area contributed by atoms with Crippen LogP contribution in [0.1, 0.15) is 29.8 Å². The first-order chi connectivity index (χ1) is 13.0. The van der Waals surface area contributed by atoms with Gasteiger partial charge in [-0.25, -0.2) is 0 Å². The fourth-order valence-electron chi connectivity index (χ4n) is 3.02. The zero-order chi connectivity index (χ0) is 19.4. The number of carbonyl (C=O) groups is 1. The van der Waals surface area contributed by atoms with Crippen LogP contribution in [0, 0.1) is 0 Å². The number of methoxy groups -OCH3 is 1. The maximum Gasteiger partial charge on any atom is 0.254 e. The van der Waals surface area contributed by atoms with Gasteiger partial charge in [0.15, 0.2) is 0 Å². The predicted molar refractivity (Wildman–Crippen MR) is 111 cm³/mol. The predicted octanol–water partition coefficient (Wildman–Crippen LogP) is 4.36. The van der Waals surface area contributed by atoms with Crippen LogP contribution in [0.2, 0.25) is 0 Å². The van der Waals surface area contributed by atoms with Crippen LogP contribution < -0.4 is 10.2 Å². The molecule has 3 rings (SSSR count). The summed E-state index contributed by atoms with van der Waals surface area (Å²) in [4.78, 5) is 14.9. The minimum atomic E-state index is -0.222. The van der Waals surface area contributed by atoms with Crippen molar-refractivity contribution < 1.29 is 14.6 Å². The van der Waals surface area contributed by atoms with Crippen molar-refractivity contribution in [3.8, 4) is 5.75 Å². The minimum absolute atomic E-state index is 0.120. The number of nitrogens with one attached hydrogen (secondary N) is 1. The van der Waals surface area contributed by atoms with Gasteiger partial charge in [-0.1, -0.05) is 30.3 Å². The summed E-state index contributed by atoms with van der Waals surface area (Å²) in [5, 5.41) is 14.4. The van der Waals surface area contributed by atoms with Gasteiger partial charge in [0, 0.05) is 30.3 Å². The number of fused-ring (bicyclic) bond motifs is 1. The summed E-state index contributed by atoms with van der Waals surface area (Å²) in [6.07, 6.45) is -0.222. The number of hydrogen-bond donors (Lipinski definition) is 2. The van der Waals surface area contributed by atoms with Crippen molar-refractivity contribution in [3.63, 3.8) is 0 Å². The molecule has 0 aliphatic rings. The van der Waals surface area contributed by atoms with E-state index >= 15 is 0 Å². The number of hydrogen-bond acceptors (Lipinski definition) is 5. The molecule has 1 aromatic heterocycles. The van der Waals surface area contributed by atoms with Crippen LogP contribution in [0.5, 0.6) is 5.75 Å². The third-order valence-corrected chi connectivity index (χ3v) is 5.65. The number of carbonyl (C=O) groups excluding carboxylic acids is 1. The van der Waals surface area contributed by atoms with E-state index in [0.717, 1.165) is 20.7 Å². The van der Waals surface area contributed by atoms with Crippen LogP contribution in [0.3, 0.4) is 0 Å². The molecule has 0 aliphatic carbocycles.